The van der Waals surface area contributed by atoms with E-state index in [4.69, 9.17) is 4.52 Å². The second-order valence-corrected chi connectivity index (χ2v) is 6.26. The van der Waals surface area contributed by atoms with Gasteiger partial charge in [-0.15, -0.1) is 0 Å². The molecule has 0 radical (unpaired) electrons. The number of nitrogens with one attached hydrogen (secondary N) is 1. The summed E-state index contributed by atoms with van der Waals surface area (Å²) in [5.74, 6) is 0.713. The minimum Gasteiger partial charge on any atom is -0.338 e. The average Bonchev–Trinajstić information content (AvgIpc) is 3.14. The highest BCUT2D eigenvalue weighted by atomic mass is 19.1. The van der Waals surface area contributed by atoms with E-state index in [2.05, 4.69) is 33.5 Å². The molecule has 0 saturated carbocycles. The van der Waals surface area contributed by atoms with Gasteiger partial charge in [-0.1, -0.05) is 23.4 Å². The van der Waals surface area contributed by atoms with Gasteiger partial charge >= 0.3 is 0 Å². The van der Waals surface area contributed by atoms with E-state index >= 15 is 0 Å². The summed E-state index contributed by atoms with van der Waals surface area (Å²) in [5, 5.41) is 11.7. The summed E-state index contributed by atoms with van der Waals surface area (Å²) in [6.45, 7) is 7.32. The van der Waals surface area contributed by atoms with Gasteiger partial charge in [0.2, 0.25) is 5.89 Å². The molecule has 0 amide bonds. The Hall–Kier alpha value is -2.54. The molecule has 0 bridgehead atoms. The van der Waals surface area contributed by atoms with Gasteiger partial charge in [-0.05, 0) is 38.5 Å². The summed E-state index contributed by atoms with van der Waals surface area (Å²) < 4.78 is 20.9. The van der Waals surface area contributed by atoms with E-state index in [0.29, 0.717) is 30.2 Å². The zero-order valence-corrected chi connectivity index (χ0v) is 14.7. The van der Waals surface area contributed by atoms with Crippen LogP contribution in [0.25, 0.3) is 0 Å². The average molecular weight is 343 g/mol. The third-order valence-electron chi connectivity index (χ3n) is 3.97. The van der Waals surface area contributed by atoms with E-state index in [0.717, 1.165) is 17.9 Å². The van der Waals surface area contributed by atoms with Crippen molar-refractivity contribution in [1.82, 2.24) is 25.2 Å². The first kappa shape index (κ1) is 17.3. The maximum atomic E-state index is 13.7. The van der Waals surface area contributed by atoms with E-state index in [1.807, 2.05) is 18.5 Å². The van der Waals surface area contributed by atoms with Crippen LogP contribution in [-0.2, 0) is 19.5 Å². The summed E-state index contributed by atoms with van der Waals surface area (Å²) in [6, 6.07) is 8.86. The van der Waals surface area contributed by atoms with Crippen molar-refractivity contribution in [3.63, 3.8) is 0 Å². The molecule has 3 rings (SSSR count). The second kappa shape index (κ2) is 7.57. The highest BCUT2D eigenvalue weighted by Crippen LogP contribution is 2.11. The predicted octanol–water partition coefficient (Wildman–Crippen LogP) is 2.79. The molecule has 1 N–H and O–H groups in total. The first-order chi connectivity index (χ1) is 12.0. The van der Waals surface area contributed by atoms with Gasteiger partial charge in [0.15, 0.2) is 5.82 Å². The molecule has 1 aromatic carbocycles. The van der Waals surface area contributed by atoms with Crippen LogP contribution in [0.5, 0.6) is 0 Å². The van der Waals surface area contributed by atoms with Crippen LogP contribution in [0.15, 0.2) is 34.9 Å². The van der Waals surface area contributed by atoms with Crippen molar-refractivity contribution in [2.45, 2.75) is 46.3 Å². The second-order valence-electron chi connectivity index (χ2n) is 6.26. The molecule has 1 unspecified atom stereocenters. The Morgan fingerprint density at radius 1 is 1.28 bits per heavy atom. The minimum absolute atomic E-state index is 0.194. The fourth-order valence-corrected chi connectivity index (χ4v) is 2.69. The summed E-state index contributed by atoms with van der Waals surface area (Å²) in [4.78, 5) is 4.32. The Kier molecular flexibility index (Phi) is 5.23. The van der Waals surface area contributed by atoms with E-state index < -0.39 is 0 Å². The van der Waals surface area contributed by atoms with Gasteiger partial charge < -0.3 is 9.84 Å². The Bertz CT molecular complexity index is 842. The zero-order valence-electron chi connectivity index (χ0n) is 14.7. The molecule has 25 heavy (non-hydrogen) atoms. The Labute approximate surface area is 146 Å². The lowest BCUT2D eigenvalue weighted by Crippen LogP contribution is -2.30. The molecule has 3 aromatic rings. The van der Waals surface area contributed by atoms with E-state index in [9.17, 15) is 4.39 Å². The quantitative estimate of drug-likeness (QED) is 0.714. The summed E-state index contributed by atoms with van der Waals surface area (Å²) in [6.07, 6.45) is 0.317. The highest BCUT2D eigenvalue weighted by Gasteiger charge is 2.12. The van der Waals surface area contributed by atoms with Crippen LogP contribution in [0.2, 0.25) is 0 Å². The SMILES string of the molecule is Cc1cc(C)n(CC(C)NCc2nc(Cc3ccccc3F)no2)n1. The molecular formula is C18H22FN5O. The number of hydrogen-bond donors (Lipinski definition) is 1. The highest BCUT2D eigenvalue weighted by molar-refractivity contribution is 5.20. The molecule has 2 heterocycles. The lowest BCUT2D eigenvalue weighted by Gasteiger charge is -2.13. The number of aromatic nitrogens is 4. The van der Waals surface area contributed by atoms with Gasteiger partial charge in [0, 0.05) is 18.2 Å². The number of rotatable bonds is 7. The third-order valence-corrected chi connectivity index (χ3v) is 3.97. The van der Waals surface area contributed by atoms with Gasteiger partial charge in [-0.25, -0.2) is 4.39 Å². The van der Waals surface area contributed by atoms with Crippen LogP contribution in [0.4, 0.5) is 4.39 Å². The van der Waals surface area contributed by atoms with Crippen LogP contribution >= 0.6 is 0 Å². The topological polar surface area (TPSA) is 68.8 Å². The monoisotopic (exact) mass is 343 g/mol. The van der Waals surface area contributed by atoms with Crippen LogP contribution in [-0.4, -0.2) is 26.0 Å². The number of hydrogen-bond acceptors (Lipinski definition) is 5. The molecule has 7 heteroatoms. The molecule has 0 fully saturated rings. The van der Waals surface area contributed by atoms with Crippen LogP contribution in [0.1, 0.15) is 35.6 Å². The molecule has 0 aliphatic heterocycles. The minimum atomic E-state index is -0.259. The molecule has 0 saturated heterocycles. The molecule has 132 valence electrons. The van der Waals surface area contributed by atoms with Crippen LogP contribution < -0.4 is 5.32 Å². The lowest BCUT2D eigenvalue weighted by molar-refractivity contribution is 0.347. The maximum Gasteiger partial charge on any atom is 0.240 e. The van der Waals surface area contributed by atoms with E-state index in [1.54, 1.807) is 18.2 Å². The Morgan fingerprint density at radius 2 is 2.08 bits per heavy atom. The first-order valence-electron chi connectivity index (χ1n) is 8.30. The van der Waals surface area contributed by atoms with Gasteiger partial charge in [0.25, 0.3) is 0 Å². The smallest absolute Gasteiger partial charge is 0.240 e. The van der Waals surface area contributed by atoms with Gasteiger partial charge in [-0.2, -0.15) is 10.1 Å². The summed E-state index contributed by atoms with van der Waals surface area (Å²) >= 11 is 0. The van der Waals surface area contributed by atoms with Crippen molar-refractivity contribution in [3.05, 3.63) is 64.8 Å². The van der Waals surface area contributed by atoms with Crippen molar-refractivity contribution in [1.29, 1.82) is 0 Å². The fourth-order valence-electron chi connectivity index (χ4n) is 2.69. The summed E-state index contributed by atoms with van der Waals surface area (Å²) in [5.41, 5.74) is 2.70. The zero-order chi connectivity index (χ0) is 17.8. The van der Waals surface area contributed by atoms with Crippen LogP contribution in [0, 0.1) is 19.7 Å². The van der Waals surface area contributed by atoms with Crippen molar-refractivity contribution >= 4 is 0 Å². The number of benzene rings is 1. The van der Waals surface area contributed by atoms with Crippen molar-refractivity contribution < 1.29 is 8.91 Å². The van der Waals surface area contributed by atoms with Crippen molar-refractivity contribution in [2.24, 2.45) is 0 Å². The molecule has 0 aliphatic rings. The largest absolute Gasteiger partial charge is 0.338 e. The predicted molar refractivity (Wildman–Crippen MR) is 91.5 cm³/mol. The molecule has 2 aromatic heterocycles. The first-order valence-corrected chi connectivity index (χ1v) is 8.30. The maximum absolute atomic E-state index is 13.7. The van der Waals surface area contributed by atoms with E-state index in [-0.39, 0.29) is 11.9 Å². The Morgan fingerprint density at radius 3 is 2.80 bits per heavy atom. The molecular weight excluding hydrogens is 321 g/mol. The van der Waals surface area contributed by atoms with Gasteiger partial charge in [0.05, 0.1) is 18.8 Å². The van der Waals surface area contributed by atoms with Crippen molar-refractivity contribution in [3.8, 4) is 0 Å². The standard InChI is InChI=1S/C18H22FN5O/c1-12-8-14(3)24(22-12)11-13(2)20-10-18-21-17(23-25-18)9-15-6-4-5-7-16(15)19/h4-8,13,20H,9-11H2,1-3H3. The molecule has 1 atom stereocenters. The fraction of sp³-hybridized carbons (Fsp3) is 0.389. The normalized spacial score (nSPS) is 12.5. The molecule has 6 nitrogen and oxygen atoms in total. The number of nitrogens with zero attached hydrogens (tertiary/aromatic N) is 4. The van der Waals surface area contributed by atoms with E-state index in [1.165, 1.54) is 6.07 Å². The van der Waals surface area contributed by atoms with Gasteiger partial charge in [0.1, 0.15) is 5.82 Å². The molecule has 0 spiro atoms. The summed E-state index contributed by atoms with van der Waals surface area (Å²) in [7, 11) is 0. The van der Waals surface area contributed by atoms with Gasteiger partial charge in [-0.3, -0.25) is 4.68 Å². The molecule has 0 aliphatic carbocycles. The lowest BCUT2D eigenvalue weighted by atomic mass is 10.1. The number of halogens is 1. The number of aryl methyl sites for hydroxylation is 2. The third kappa shape index (κ3) is 4.51. The van der Waals surface area contributed by atoms with Crippen LogP contribution in [0.3, 0.4) is 0 Å². The Balaban J connectivity index is 1.53. The van der Waals surface area contributed by atoms with Crippen molar-refractivity contribution in [2.75, 3.05) is 0 Å².